The van der Waals surface area contributed by atoms with E-state index in [2.05, 4.69) is 9.97 Å². The molecular weight excluding hydrogens is 147 g/mol. The molecule has 4 heteroatoms. The molecule has 0 radical (unpaired) electrons. The Labute approximate surface area is 63.3 Å². The van der Waals surface area contributed by atoms with Gasteiger partial charge in [0, 0.05) is 6.92 Å². The molecule has 0 bridgehead atoms. The number of carbonyl (C=O) groups excluding carboxylic acids is 1. The maximum atomic E-state index is 12.5. The third kappa shape index (κ3) is 1.58. The molecule has 0 aromatic carbocycles. The molecule has 3 nitrogen and oxygen atoms in total. The summed E-state index contributed by atoms with van der Waals surface area (Å²) in [4.78, 5) is 17.8. The van der Waals surface area contributed by atoms with Crippen LogP contribution in [-0.4, -0.2) is 15.8 Å². The zero-order valence-corrected chi connectivity index (χ0v) is 6.26. The van der Waals surface area contributed by atoms with Crippen LogP contribution in [0.3, 0.4) is 0 Å². The van der Waals surface area contributed by atoms with E-state index in [1.807, 2.05) is 0 Å². The Morgan fingerprint density at radius 3 is 2.73 bits per heavy atom. The molecule has 0 atom stereocenters. The predicted molar refractivity (Wildman–Crippen MR) is 36.7 cm³/mol. The third-order valence-electron chi connectivity index (χ3n) is 1.23. The van der Waals surface area contributed by atoms with E-state index in [0.29, 0.717) is 0 Å². The van der Waals surface area contributed by atoms with E-state index in [4.69, 9.17) is 0 Å². The molecular formula is C7H7FN2O. The van der Waals surface area contributed by atoms with Crippen LogP contribution in [0.4, 0.5) is 4.39 Å². The van der Waals surface area contributed by atoms with Crippen molar-refractivity contribution in [2.24, 2.45) is 0 Å². The predicted octanol–water partition coefficient (Wildman–Crippen LogP) is 1.13. The Morgan fingerprint density at radius 2 is 2.27 bits per heavy atom. The van der Waals surface area contributed by atoms with E-state index in [1.165, 1.54) is 13.8 Å². The average molecular weight is 154 g/mol. The number of ketones is 1. The summed E-state index contributed by atoms with van der Waals surface area (Å²) in [6.45, 7) is 2.83. The molecule has 1 rings (SSSR count). The summed E-state index contributed by atoms with van der Waals surface area (Å²) in [5.41, 5.74) is 0.199. The van der Waals surface area contributed by atoms with Gasteiger partial charge in [0.2, 0.25) is 0 Å². The second-order valence-electron chi connectivity index (χ2n) is 2.18. The first kappa shape index (κ1) is 7.78. The lowest BCUT2D eigenvalue weighted by Gasteiger charge is -1.95. The topological polar surface area (TPSA) is 42.9 Å². The average Bonchev–Trinajstić information content (AvgIpc) is 1.94. The SMILES string of the molecule is CC(=O)c1ncc(F)c(C)n1. The number of rotatable bonds is 1. The Kier molecular flexibility index (Phi) is 1.94. The van der Waals surface area contributed by atoms with E-state index in [9.17, 15) is 9.18 Å². The molecule has 0 aliphatic carbocycles. The lowest BCUT2D eigenvalue weighted by Crippen LogP contribution is -2.03. The summed E-state index contributed by atoms with van der Waals surface area (Å²) in [6, 6.07) is 0. The van der Waals surface area contributed by atoms with Crippen molar-refractivity contribution in [2.45, 2.75) is 13.8 Å². The molecule has 0 N–H and O–H groups in total. The summed E-state index contributed by atoms with van der Waals surface area (Å²) < 4.78 is 12.5. The van der Waals surface area contributed by atoms with Crippen molar-refractivity contribution >= 4 is 5.78 Å². The second-order valence-corrected chi connectivity index (χ2v) is 2.18. The van der Waals surface area contributed by atoms with Gasteiger partial charge < -0.3 is 0 Å². The fourth-order valence-corrected chi connectivity index (χ4v) is 0.622. The third-order valence-corrected chi connectivity index (χ3v) is 1.23. The van der Waals surface area contributed by atoms with Gasteiger partial charge in [0.05, 0.1) is 11.9 Å². The highest BCUT2D eigenvalue weighted by molar-refractivity contribution is 5.90. The van der Waals surface area contributed by atoms with Crippen molar-refractivity contribution in [1.82, 2.24) is 9.97 Å². The van der Waals surface area contributed by atoms with E-state index in [0.717, 1.165) is 6.20 Å². The zero-order chi connectivity index (χ0) is 8.43. The van der Waals surface area contributed by atoms with Gasteiger partial charge in [-0.1, -0.05) is 0 Å². The van der Waals surface area contributed by atoms with Gasteiger partial charge in [0.25, 0.3) is 0 Å². The smallest absolute Gasteiger partial charge is 0.196 e. The van der Waals surface area contributed by atoms with Gasteiger partial charge in [-0.15, -0.1) is 0 Å². The largest absolute Gasteiger partial charge is 0.291 e. The molecule has 0 aliphatic heterocycles. The molecule has 0 saturated heterocycles. The minimum absolute atomic E-state index is 0.0592. The number of aromatic nitrogens is 2. The fourth-order valence-electron chi connectivity index (χ4n) is 0.622. The maximum absolute atomic E-state index is 12.5. The minimum Gasteiger partial charge on any atom is -0.291 e. The van der Waals surface area contributed by atoms with Crippen LogP contribution >= 0.6 is 0 Å². The Balaban J connectivity index is 3.15. The summed E-state index contributed by atoms with van der Waals surface area (Å²) >= 11 is 0. The van der Waals surface area contributed by atoms with Gasteiger partial charge in [0.15, 0.2) is 17.4 Å². The monoisotopic (exact) mass is 154 g/mol. The number of nitrogens with zero attached hydrogens (tertiary/aromatic N) is 2. The molecule has 11 heavy (non-hydrogen) atoms. The van der Waals surface area contributed by atoms with Crippen molar-refractivity contribution in [2.75, 3.05) is 0 Å². The van der Waals surface area contributed by atoms with Crippen LogP contribution < -0.4 is 0 Å². The number of hydrogen-bond acceptors (Lipinski definition) is 3. The molecule has 1 aromatic rings. The number of aryl methyl sites for hydroxylation is 1. The highest BCUT2D eigenvalue weighted by atomic mass is 19.1. The molecule has 0 aliphatic rings. The normalized spacial score (nSPS) is 9.73. The molecule has 0 saturated carbocycles. The van der Waals surface area contributed by atoms with Crippen LogP contribution in [0.15, 0.2) is 6.20 Å². The summed E-state index contributed by atoms with van der Waals surface area (Å²) in [5, 5.41) is 0. The number of halogens is 1. The van der Waals surface area contributed by atoms with Gasteiger partial charge in [0.1, 0.15) is 0 Å². The summed E-state index contributed by atoms with van der Waals surface area (Å²) in [6.07, 6.45) is 0.999. The van der Waals surface area contributed by atoms with E-state index in [-0.39, 0.29) is 17.3 Å². The molecule has 58 valence electrons. The fraction of sp³-hybridized carbons (Fsp3) is 0.286. The van der Waals surface area contributed by atoms with Crippen LogP contribution in [0.25, 0.3) is 0 Å². The van der Waals surface area contributed by atoms with Gasteiger partial charge in [-0.2, -0.15) is 0 Å². The maximum Gasteiger partial charge on any atom is 0.196 e. The quantitative estimate of drug-likeness (QED) is 0.569. The van der Waals surface area contributed by atoms with Crippen molar-refractivity contribution < 1.29 is 9.18 Å². The number of hydrogen-bond donors (Lipinski definition) is 0. The Bertz CT molecular complexity index is 298. The standard InChI is InChI=1S/C7H7FN2O/c1-4-6(8)3-9-7(10-4)5(2)11/h3H,1-2H3. The first-order valence-corrected chi connectivity index (χ1v) is 3.11. The van der Waals surface area contributed by atoms with Crippen LogP contribution in [0.5, 0.6) is 0 Å². The first-order valence-electron chi connectivity index (χ1n) is 3.11. The number of Topliss-reactive ketones (excluding diaryl/α,β-unsaturated/α-hetero) is 1. The molecule has 1 aromatic heterocycles. The molecule has 0 spiro atoms. The Morgan fingerprint density at radius 1 is 1.64 bits per heavy atom. The summed E-state index contributed by atoms with van der Waals surface area (Å²) in [7, 11) is 0. The van der Waals surface area contributed by atoms with Crippen molar-refractivity contribution in [3.63, 3.8) is 0 Å². The molecule has 1 heterocycles. The van der Waals surface area contributed by atoms with Gasteiger partial charge in [-0.05, 0) is 6.92 Å². The van der Waals surface area contributed by atoms with Crippen LogP contribution in [-0.2, 0) is 0 Å². The lowest BCUT2D eigenvalue weighted by molar-refractivity contribution is 0.100. The van der Waals surface area contributed by atoms with Crippen molar-refractivity contribution in [3.8, 4) is 0 Å². The number of carbonyl (C=O) groups is 1. The van der Waals surface area contributed by atoms with Gasteiger partial charge >= 0.3 is 0 Å². The van der Waals surface area contributed by atoms with E-state index < -0.39 is 5.82 Å². The lowest BCUT2D eigenvalue weighted by atomic mass is 10.3. The van der Waals surface area contributed by atoms with E-state index in [1.54, 1.807) is 0 Å². The van der Waals surface area contributed by atoms with Gasteiger partial charge in [-0.3, -0.25) is 4.79 Å². The van der Waals surface area contributed by atoms with Crippen LogP contribution in [0, 0.1) is 12.7 Å². The van der Waals surface area contributed by atoms with E-state index >= 15 is 0 Å². The second kappa shape index (κ2) is 2.74. The Hall–Kier alpha value is -1.32. The van der Waals surface area contributed by atoms with Crippen molar-refractivity contribution in [1.29, 1.82) is 0 Å². The van der Waals surface area contributed by atoms with Crippen molar-refractivity contribution in [3.05, 3.63) is 23.5 Å². The zero-order valence-electron chi connectivity index (χ0n) is 6.26. The summed E-state index contributed by atoms with van der Waals surface area (Å²) in [5.74, 6) is -0.688. The molecule has 0 amide bonds. The van der Waals surface area contributed by atoms with Crippen LogP contribution in [0.2, 0.25) is 0 Å². The molecule has 0 unspecified atom stereocenters. The van der Waals surface area contributed by atoms with Crippen LogP contribution in [0.1, 0.15) is 23.2 Å². The minimum atomic E-state index is -0.491. The highest BCUT2D eigenvalue weighted by Gasteiger charge is 2.05. The molecule has 0 fully saturated rings. The highest BCUT2D eigenvalue weighted by Crippen LogP contribution is 2.00. The van der Waals surface area contributed by atoms with Gasteiger partial charge in [-0.25, -0.2) is 14.4 Å². The first-order chi connectivity index (χ1) is 5.11.